The Morgan fingerprint density at radius 3 is 2.36 bits per heavy atom. The molecule has 1 aromatic rings. The predicted octanol–water partition coefficient (Wildman–Crippen LogP) is 3.73. The number of hydrogen-bond donors (Lipinski definition) is 0. The molecule has 0 aromatic heterocycles. The Labute approximate surface area is 86.4 Å². The van der Waals surface area contributed by atoms with Gasteiger partial charge in [-0.25, -0.2) is 0 Å². The van der Waals surface area contributed by atoms with Gasteiger partial charge in [-0.05, 0) is 31.0 Å². The van der Waals surface area contributed by atoms with Crippen LogP contribution in [0.25, 0.3) is 0 Å². The largest absolute Gasteiger partial charge is 0.325 e. The van der Waals surface area contributed by atoms with Crippen LogP contribution in [0.1, 0.15) is 19.4 Å². The Morgan fingerprint density at radius 2 is 1.93 bits per heavy atom. The summed E-state index contributed by atoms with van der Waals surface area (Å²) in [5.74, 6) is 0. The Balaban J connectivity index is 2.88. The van der Waals surface area contributed by atoms with Crippen LogP contribution in [0.5, 0.6) is 0 Å². The first-order valence-corrected chi connectivity index (χ1v) is 4.94. The summed E-state index contributed by atoms with van der Waals surface area (Å²) in [4.78, 5) is 2.00. The van der Waals surface area contributed by atoms with E-state index in [1.54, 1.807) is 6.20 Å². The molecule has 0 radical (unpaired) electrons. The standard InChI is InChI=1S/C13H17N/c1-4-11-14(6-3)13-9-7-12(5-2)8-10-13/h4,6-11H,3,5H2,1-2H3/b11-4-. The van der Waals surface area contributed by atoms with Gasteiger partial charge in [0.1, 0.15) is 0 Å². The lowest BCUT2D eigenvalue weighted by molar-refractivity contribution is 1.13. The molecule has 0 aliphatic carbocycles. The van der Waals surface area contributed by atoms with Crippen molar-refractivity contribution in [3.05, 3.63) is 54.9 Å². The average molecular weight is 187 g/mol. The lowest BCUT2D eigenvalue weighted by Gasteiger charge is -2.14. The summed E-state index contributed by atoms with van der Waals surface area (Å²) >= 11 is 0. The van der Waals surface area contributed by atoms with Gasteiger partial charge in [0.05, 0.1) is 0 Å². The number of rotatable bonds is 4. The van der Waals surface area contributed by atoms with Crippen LogP contribution in [0.15, 0.2) is 49.3 Å². The van der Waals surface area contributed by atoms with E-state index < -0.39 is 0 Å². The molecule has 1 rings (SSSR count). The summed E-state index contributed by atoms with van der Waals surface area (Å²) in [6.45, 7) is 7.93. The number of aryl methyl sites for hydroxylation is 1. The Bertz CT molecular complexity index is 309. The van der Waals surface area contributed by atoms with Crippen molar-refractivity contribution in [2.75, 3.05) is 4.90 Å². The molecule has 0 aliphatic rings. The number of anilines is 1. The minimum absolute atomic E-state index is 1.08. The molecule has 0 amide bonds. The summed E-state index contributed by atoms with van der Waals surface area (Å²) in [7, 11) is 0. The van der Waals surface area contributed by atoms with E-state index in [-0.39, 0.29) is 0 Å². The van der Waals surface area contributed by atoms with Crippen LogP contribution in [-0.4, -0.2) is 0 Å². The Morgan fingerprint density at radius 1 is 1.29 bits per heavy atom. The monoisotopic (exact) mass is 187 g/mol. The first-order valence-electron chi connectivity index (χ1n) is 4.94. The zero-order chi connectivity index (χ0) is 10.4. The van der Waals surface area contributed by atoms with Crippen molar-refractivity contribution in [3.8, 4) is 0 Å². The molecule has 1 heteroatoms. The van der Waals surface area contributed by atoms with Gasteiger partial charge in [-0.15, -0.1) is 0 Å². The topological polar surface area (TPSA) is 3.24 Å². The molecular weight excluding hydrogens is 170 g/mol. The smallest absolute Gasteiger partial charge is 0.0449 e. The molecule has 1 nitrogen and oxygen atoms in total. The molecule has 74 valence electrons. The number of allylic oxidation sites excluding steroid dienone is 1. The molecule has 0 saturated heterocycles. The highest BCUT2D eigenvalue weighted by atomic mass is 15.1. The van der Waals surface area contributed by atoms with E-state index in [0.29, 0.717) is 0 Å². The molecule has 1 aromatic carbocycles. The van der Waals surface area contributed by atoms with Crippen molar-refractivity contribution in [2.45, 2.75) is 20.3 Å². The minimum atomic E-state index is 1.08. The van der Waals surface area contributed by atoms with Crippen LogP contribution in [-0.2, 0) is 6.42 Å². The quantitative estimate of drug-likeness (QED) is 0.694. The van der Waals surface area contributed by atoms with Gasteiger partial charge in [0.2, 0.25) is 0 Å². The van der Waals surface area contributed by atoms with E-state index in [1.165, 1.54) is 5.56 Å². The van der Waals surface area contributed by atoms with E-state index in [9.17, 15) is 0 Å². The molecule has 0 fully saturated rings. The number of benzene rings is 1. The lowest BCUT2D eigenvalue weighted by Crippen LogP contribution is -2.05. The van der Waals surface area contributed by atoms with Crippen LogP contribution in [0.3, 0.4) is 0 Å². The summed E-state index contributed by atoms with van der Waals surface area (Å²) in [5.41, 5.74) is 2.51. The van der Waals surface area contributed by atoms with E-state index in [0.717, 1.165) is 12.1 Å². The summed E-state index contributed by atoms with van der Waals surface area (Å²) in [6, 6.07) is 8.52. The molecular formula is C13H17N. The van der Waals surface area contributed by atoms with Gasteiger partial charge in [0, 0.05) is 18.1 Å². The van der Waals surface area contributed by atoms with E-state index in [1.807, 2.05) is 24.1 Å². The lowest BCUT2D eigenvalue weighted by atomic mass is 10.1. The fourth-order valence-corrected chi connectivity index (χ4v) is 1.32. The molecule has 0 saturated carbocycles. The van der Waals surface area contributed by atoms with Gasteiger partial charge in [0.15, 0.2) is 0 Å². The fourth-order valence-electron chi connectivity index (χ4n) is 1.32. The van der Waals surface area contributed by atoms with Crippen LogP contribution >= 0.6 is 0 Å². The van der Waals surface area contributed by atoms with E-state index >= 15 is 0 Å². The van der Waals surface area contributed by atoms with Gasteiger partial charge in [-0.2, -0.15) is 0 Å². The van der Waals surface area contributed by atoms with Crippen molar-refractivity contribution in [1.29, 1.82) is 0 Å². The third-order valence-corrected chi connectivity index (χ3v) is 2.15. The molecule has 0 unspecified atom stereocenters. The van der Waals surface area contributed by atoms with Gasteiger partial charge in [-0.1, -0.05) is 31.7 Å². The maximum Gasteiger partial charge on any atom is 0.0449 e. The summed E-state index contributed by atoms with van der Waals surface area (Å²) < 4.78 is 0. The van der Waals surface area contributed by atoms with Gasteiger partial charge in [-0.3, -0.25) is 0 Å². The second kappa shape index (κ2) is 5.28. The molecule has 0 spiro atoms. The van der Waals surface area contributed by atoms with Crippen LogP contribution < -0.4 is 4.90 Å². The minimum Gasteiger partial charge on any atom is -0.325 e. The predicted molar refractivity (Wildman–Crippen MR) is 63.3 cm³/mol. The first-order chi connectivity index (χ1) is 6.81. The molecule has 0 atom stereocenters. The molecule has 14 heavy (non-hydrogen) atoms. The Kier molecular flexibility index (Phi) is 3.99. The van der Waals surface area contributed by atoms with Crippen molar-refractivity contribution < 1.29 is 0 Å². The average Bonchev–Trinajstić information content (AvgIpc) is 2.26. The SMILES string of the molecule is C=CN(/C=C\C)c1ccc(CC)cc1. The van der Waals surface area contributed by atoms with Crippen molar-refractivity contribution >= 4 is 5.69 Å². The van der Waals surface area contributed by atoms with Gasteiger partial charge < -0.3 is 4.90 Å². The first kappa shape index (κ1) is 10.6. The number of hydrogen-bond acceptors (Lipinski definition) is 1. The van der Waals surface area contributed by atoms with Crippen molar-refractivity contribution in [2.24, 2.45) is 0 Å². The fraction of sp³-hybridized carbons (Fsp3) is 0.231. The third kappa shape index (κ3) is 2.49. The molecule has 0 aliphatic heterocycles. The van der Waals surface area contributed by atoms with E-state index in [2.05, 4.69) is 37.8 Å². The highest BCUT2D eigenvalue weighted by molar-refractivity contribution is 5.52. The van der Waals surface area contributed by atoms with Crippen LogP contribution in [0.2, 0.25) is 0 Å². The van der Waals surface area contributed by atoms with Crippen LogP contribution in [0.4, 0.5) is 5.69 Å². The molecule has 0 N–H and O–H groups in total. The Hall–Kier alpha value is -1.50. The zero-order valence-electron chi connectivity index (χ0n) is 8.90. The number of nitrogens with zero attached hydrogens (tertiary/aromatic N) is 1. The highest BCUT2D eigenvalue weighted by Crippen LogP contribution is 2.16. The van der Waals surface area contributed by atoms with Gasteiger partial charge in [0.25, 0.3) is 0 Å². The van der Waals surface area contributed by atoms with Gasteiger partial charge >= 0.3 is 0 Å². The molecule has 0 heterocycles. The van der Waals surface area contributed by atoms with Crippen molar-refractivity contribution in [1.82, 2.24) is 0 Å². The maximum atomic E-state index is 3.77. The zero-order valence-corrected chi connectivity index (χ0v) is 8.90. The summed E-state index contributed by atoms with van der Waals surface area (Å²) in [6.07, 6.45) is 6.88. The summed E-state index contributed by atoms with van der Waals surface area (Å²) in [5, 5.41) is 0. The second-order valence-electron chi connectivity index (χ2n) is 3.09. The van der Waals surface area contributed by atoms with E-state index in [4.69, 9.17) is 0 Å². The van der Waals surface area contributed by atoms with Crippen molar-refractivity contribution in [3.63, 3.8) is 0 Å². The normalized spacial score (nSPS) is 10.4. The third-order valence-electron chi connectivity index (χ3n) is 2.15. The highest BCUT2D eigenvalue weighted by Gasteiger charge is 1.97. The second-order valence-corrected chi connectivity index (χ2v) is 3.09. The molecule has 0 bridgehead atoms. The maximum absolute atomic E-state index is 3.77. The van der Waals surface area contributed by atoms with Crippen LogP contribution in [0, 0.1) is 0 Å².